The van der Waals surface area contributed by atoms with Crippen molar-refractivity contribution in [3.05, 3.63) is 71.3 Å². The Bertz CT molecular complexity index is 587. The van der Waals surface area contributed by atoms with Crippen molar-refractivity contribution in [2.75, 3.05) is 12.3 Å². The lowest BCUT2D eigenvalue weighted by molar-refractivity contribution is -0.118. The molecule has 22 heavy (non-hydrogen) atoms. The SMILES string of the molecule is O=C(CSCc1cccc(CO)c1)NCCc1ccccc1. The number of rotatable bonds is 8. The van der Waals surface area contributed by atoms with Crippen molar-refractivity contribution in [3.8, 4) is 0 Å². The Labute approximate surface area is 135 Å². The largest absolute Gasteiger partial charge is 0.392 e. The summed E-state index contributed by atoms with van der Waals surface area (Å²) in [5.74, 6) is 1.30. The Hall–Kier alpha value is -1.78. The average molecular weight is 315 g/mol. The number of benzene rings is 2. The van der Waals surface area contributed by atoms with Crippen molar-refractivity contribution in [1.29, 1.82) is 0 Å². The molecule has 3 nitrogen and oxygen atoms in total. The number of hydrogen-bond donors (Lipinski definition) is 2. The molecule has 0 aliphatic heterocycles. The number of nitrogens with one attached hydrogen (secondary N) is 1. The minimum Gasteiger partial charge on any atom is -0.392 e. The van der Waals surface area contributed by atoms with E-state index in [1.807, 2.05) is 42.5 Å². The topological polar surface area (TPSA) is 49.3 Å². The van der Waals surface area contributed by atoms with Crippen molar-refractivity contribution in [1.82, 2.24) is 5.32 Å². The Balaban J connectivity index is 1.63. The van der Waals surface area contributed by atoms with Gasteiger partial charge in [0, 0.05) is 12.3 Å². The van der Waals surface area contributed by atoms with Crippen LogP contribution in [0.2, 0.25) is 0 Å². The van der Waals surface area contributed by atoms with E-state index in [2.05, 4.69) is 17.4 Å². The van der Waals surface area contributed by atoms with Crippen LogP contribution in [0, 0.1) is 0 Å². The van der Waals surface area contributed by atoms with E-state index in [9.17, 15) is 4.79 Å². The van der Waals surface area contributed by atoms with Gasteiger partial charge in [0.1, 0.15) is 0 Å². The van der Waals surface area contributed by atoms with E-state index in [1.165, 1.54) is 5.56 Å². The van der Waals surface area contributed by atoms with Crippen LogP contribution in [0.25, 0.3) is 0 Å². The molecule has 116 valence electrons. The molecule has 1 amide bonds. The summed E-state index contributed by atoms with van der Waals surface area (Å²) in [6, 6.07) is 17.9. The lowest BCUT2D eigenvalue weighted by atomic mass is 10.1. The lowest BCUT2D eigenvalue weighted by Gasteiger charge is -2.06. The summed E-state index contributed by atoms with van der Waals surface area (Å²) in [6.07, 6.45) is 0.857. The fourth-order valence-corrected chi connectivity index (χ4v) is 2.93. The average Bonchev–Trinajstić information content (AvgIpc) is 2.56. The Morgan fingerprint density at radius 1 is 1.00 bits per heavy atom. The van der Waals surface area contributed by atoms with E-state index >= 15 is 0 Å². The molecular formula is C18H21NO2S. The highest BCUT2D eigenvalue weighted by molar-refractivity contribution is 7.99. The maximum absolute atomic E-state index is 11.8. The van der Waals surface area contributed by atoms with Crippen LogP contribution >= 0.6 is 11.8 Å². The zero-order valence-electron chi connectivity index (χ0n) is 12.5. The van der Waals surface area contributed by atoms with Gasteiger partial charge in [-0.1, -0.05) is 54.6 Å². The molecule has 2 rings (SSSR count). The molecule has 0 radical (unpaired) electrons. The summed E-state index contributed by atoms with van der Waals surface area (Å²) in [5, 5.41) is 12.0. The van der Waals surface area contributed by atoms with Gasteiger partial charge in [0.2, 0.25) is 5.91 Å². The molecule has 0 aromatic heterocycles. The Morgan fingerprint density at radius 2 is 1.73 bits per heavy atom. The highest BCUT2D eigenvalue weighted by Gasteiger charge is 2.02. The third-order valence-corrected chi connectivity index (χ3v) is 4.26. The Morgan fingerprint density at radius 3 is 2.50 bits per heavy atom. The fraction of sp³-hybridized carbons (Fsp3) is 0.278. The summed E-state index contributed by atoms with van der Waals surface area (Å²) in [6.45, 7) is 0.724. The highest BCUT2D eigenvalue weighted by Crippen LogP contribution is 2.13. The molecule has 2 aromatic rings. The summed E-state index contributed by atoms with van der Waals surface area (Å²) < 4.78 is 0. The van der Waals surface area contributed by atoms with Crippen LogP contribution in [0.15, 0.2) is 54.6 Å². The molecule has 0 bridgehead atoms. The van der Waals surface area contributed by atoms with E-state index in [4.69, 9.17) is 5.11 Å². The zero-order valence-corrected chi connectivity index (χ0v) is 13.3. The predicted octanol–water partition coefficient (Wildman–Crippen LogP) is 2.77. The van der Waals surface area contributed by atoms with Crippen LogP contribution in [0.1, 0.15) is 16.7 Å². The van der Waals surface area contributed by atoms with Crippen LogP contribution in [0.3, 0.4) is 0 Å². The lowest BCUT2D eigenvalue weighted by Crippen LogP contribution is -2.27. The smallest absolute Gasteiger partial charge is 0.230 e. The zero-order chi connectivity index (χ0) is 15.6. The minimum atomic E-state index is 0.0540. The third-order valence-electron chi connectivity index (χ3n) is 3.25. The second-order valence-electron chi connectivity index (χ2n) is 5.06. The van der Waals surface area contributed by atoms with E-state index in [0.717, 1.165) is 23.3 Å². The summed E-state index contributed by atoms with van der Waals surface area (Å²) in [4.78, 5) is 11.8. The fourth-order valence-electron chi connectivity index (χ4n) is 2.12. The molecule has 0 fully saturated rings. The van der Waals surface area contributed by atoms with Crippen molar-refractivity contribution < 1.29 is 9.90 Å². The van der Waals surface area contributed by atoms with Gasteiger partial charge in [-0.25, -0.2) is 0 Å². The summed E-state index contributed by atoms with van der Waals surface area (Å²) in [5.41, 5.74) is 3.27. The summed E-state index contributed by atoms with van der Waals surface area (Å²) in [7, 11) is 0. The molecule has 4 heteroatoms. The van der Waals surface area contributed by atoms with Crippen molar-refractivity contribution >= 4 is 17.7 Å². The van der Waals surface area contributed by atoms with Crippen LogP contribution in [0.5, 0.6) is 0 Å². The van der Waals surface area contributed by atoms with Crippen LogP contribution < -0.4 is 5.32 Å². The third kappa shape index (κ3) is 5.92. The predicted molar refractivity (Wildman–Crippen MR) is 91.7 cm³/mol. The van der Waals surface area contributed by atoms with Gasteiger partial charge in [-0.3, -0.25) is 4.79 Å². The van der Waals surface area contributed by atoms with E-state index < -0.39 is 0 Å². The summed E-state index contributed by atoms with van der Waals surface area (Å²) >= 11 is 1.59. The van der Waals surface area contributed by atoms with E-state index in [-0.39, 0.29) is 12.5 Å². The first-order chi connectivity index (χ1) is 10.8. The molecule has 2 N–H and O–H groups in total. The van der Waals surface area contributed by atoms with Crippen LogP contribution in [-0.4, -0.2) is 23.3 Å². The molecule has 0 spiro atoms. The van der Waals surface area contributed by atoms with Gasteiger partial charge >= 0.3 is 0 Å². The number of aliphatic hydroxyl groups excluding tert-OH is 1. The molecule has 0 saturated heterocycles. The molecule has 0 aliphatic carbocycles. The first-order valence-corrected chi connectivity index (χ1v) is 8.50. The van der Waals surface area contributed by atoms with E-state index in [1.54, 1.807) is 11.8 Å². The maximum atomic E-state index is 11.8. The molecule has 0 heterocycles. The van der Waals surface area contributed by atoms with Crippen LogP contribution in [0.4, 0.5) is 0 Å². The monoisotopic (exact) mass is 315 g/mol. The van der Waals surface area contributed by atoms with Crippen molar-refractivity contribution in [2.24, 2.45) is 0 Å². The standard InChI is InChI=1S/C18H21NO2S/c20-12-16-7-4-8-17(11-16)13-22-14-18(21)19-10-9-15-5-2-1-3-6-15/h1-8,11,20H,9-10,12-14H2,(H,19,21). The van der Waals surface area contributed by atoms with Gasteiger partial charge in [0.15, 0.2) is 0 Å². The number of aliphatic hydroxyl groups is 1. The molecule has 2 aromatic carbocycles. The number of carbonyl (C=O) groups excluding carboxylic acids is 1. The second-order valence-corrected chi connectivity index (χ2v) is 6.04. The van der Waals surface area contributed by atoms with Gasteiger partial charge < -0.3 is 10.4 Å². The number of carbonyl (C=O) groups is 1. The molecule has 0 saturated carbocycles. The highest BCUT2D eigenvalue weighted by atomic mass is 32.2. The molecule has 0 aliphatic rings. The minimum absolute atomic E-state index is 0.0540. The number of amides is 1. The van der Waals surface area contributed by atoms with Crippen molar-refractivity contribution in [3.63, 3.8) is 0 Å². The van der Waals surface area contributed by atoms with Gasteiger partial charge in [-0.2, -0.15) is 0 Å². The van der Waals surface area contributed by atoms with Gasteiger partial charge in [0.25, 0.3) is 0 Å². The number of hydrogen-bond acceptors (Lipinski definition) is 3. The van der Waals surface area contributed by atoms with Gasteiger partial charge in [-0.15, -0.1) is 11.8 Å². The molecule has 0 atom stereocenters. The van der Waals surface area contributed by atoms with Crippen molar-refractivity contribution in [2.45, 2.75) is 18.8 Å². The van der Waals surface area contributed by atoms with Crippen LogP contribution in [-0.2, 0) is 23.6 Å². The number of thioether (sulfide) groups is 1. The maximum Gasteiger partial charge on any atom is 0.230 e. The normalized spacial score (nSPS) is 10.4. The first kappa shape index (κ1) is 16.6. The quantitative estimate of drug-likeness (QED) is 0.787. The van der Waals surface area contributed by atoms with Gasteiger partial charge in [-0.05, 0) is 23.1 Å². The molecule has 0 unspecified atom stereocenters. The van der Waals surface area contributed by atoms with Gasteiger partial charge in [0.05, 0.1) is 12.4 Å². The Kier molecular flexibility index (Phi) is 7.00. The second kappa shape index (κ2) is 9.28. The first-order valence-electron chi connectivity index (χ1n) is 7.35. The van der Waals surface area contributed by atoms with E-state index in [0.29, 0.717) is 12.3 Å². The molecular weight excluding hydrogens is 294 g/mol.